The second-order valence-corrected chi connectivity index (χ2v) is 10.1. The Kier molecular flexibility index (Phi) is 7.16. The van der Waals surface area contributed by atoms with Crippen LogP contribution < -0.4 is 10.2 Å². The zero-order chi connectivity index (χ0) is 22.7. The number of hydrogen-bond donors (Lipinski definition) is 1. The maximum atomic E-state index is 13.6. The number of aryl methyl sites for hydroxylation is 1. The Hall–Kier alpha value is -2.38. The topological polar surface area (TPSA) is 58.1 Å². The fourth-order valence-electron chi connectivity index (χ4n) is 4.13. The van der Waals surface area contributed by atoms with Crippen molar-refractivity contribution in [3.8, 4) is 10.6 Å². The van der Waals surface area contributed by atoms with Gasteiger partial charge in [0.05, 0.1) is 10.4 Å². The first-order chi connectivity index (χ1) is 15.5. The van der Waals surface area contributed by atoms with Crippen molar-refractivity contribution in [3.63, 3.8) is 0 Å². The van der Waals surface area contributed by atoms with Crippen LogP contribution in [0.2, 0.25) is 0 Å². The van der Waals surface area contributed by atoms with Gasteiger partial charge in [0.15, 0.2) is 5.82 Å². The highest BCUT2D eigenvalue weighted by Crippen LogP contribution is 2.36. The van der Waals surface area contributed by atoms with Gasteiger partial charge in [-0.3, -0.25) is 4.79 Å². The van der Waals surface area contributed by atoms with Crippen molar-refractivity contribution >= 4 is 40.5 Å². The van der Waals surface area contributed by atoms with Crippen LogP contribution in [0.1, 0.15) is 52.7 Å². The van der Waals surface area contributed by atoms with Gasteiger partial charge in [0.2, 0.25) is 0 Å². The standard InChI is InChI=1S/C25H30N4OS2/c1-16-15-32-23(17(16)2)22-18(3)21(24(28-27-22)29-12-7-5-6-8-13-29)25(30)26-19-10-9-11-20(14-19)31-4/h9-11,14-15H,5-8,12-13H2,1-4H3,(H,26,30). The van der Waals surface area contributed by atoms with Crippen molar-refractivity contribution in [2.75, 3.05) is 29.6 Å². The summed E-state index contributed by atoms with van der Waals surface area (Å²) in [6.07, 6.45) is 6.70. The molecule has 2 aromatic heterocycles. The average molecular weight is 467 g/mol. The number of rotatable bonds is 5. The first kappa shape index (κ1) is 22.8. The number of aromatic nitrogens is 2. The fourth-order valence-corrected chi connectivity index (χ4v) is 5.71. The summed E-state index contributed by atoms with van der Waals surface area (Å²) in [6.45, 7) is 8.04. The van der Waals surface area contributed by atoms with Crippen molar-refractivity contribution in [2.45, 2.75) is 51.3 Å². The number of nitrogens with one attached hydrogen (secondary N) is 1. The maximum Gasteiger partial charge on any atom is 0.259 e. The van der Waals surface area contributed by atoms with Crippen LogP contribution in [-0.4, -0.2) is 35.4 Å². The van der Waals surface area contributed by atoms with E-state index < -0.39 is 0 Å². The van der Waals surface area contributed by atoms with Gasteiger partial charge in [-0.25, -0.2) is 0 Å². The van der Waals surface area contributed by atoms with Crippen LogP contribution in [0.25, 0.3) is 10.6 Å². The molecule has 0 bridgehead atoms. The van der Waals surface area contributed by atoms with Gasteiger partial charge in [0.1, 0.15) is 5.69 Å². The smallest absolute Gasteiger partial charge is 0.259 e. The molecule has 0 radical (unpaired) electrons. The maximum absolute atomic E-state index is 13.6. The molecule has 32 heavy (non-hydrogen) atoms. The van der Waals surface area contributed by atoms with Gasteiger partial charge in [0.25, 0.3) is 5.91 Å². The number of hydrogen-bond acceptors (Lipinski definition) is 6. The van der Waals surface area contributed by atoms with Crippen LogP contribution >= 0.6 is 23.1 Å². The Bertz CT molecular complexity index is 1120. The van der Waals surface area contributed by atoms with E-state index in [4.69, 9.17) is 0 Å². The molecule has 1 aromatic carbocycles. The first-order valence-electron chi connectivity index (χ1n) is 11.1. The molecule has 1 aliphatic heterocycles. The second-order valence-electron chi connectivity index (χ2n) is 8.33. The molecule has 0 atom stereocenters. The number of anilines is 2. The highest BCUT2D eigenvalue weighted by atomic mass is 32.2. The lowest BCUT2D eigenvalue weighted by atomic mass is 10.0. The monoisotopic (exact) mass is 466 g/mol. The largest absolute Gasteiger partial charge is 0.354 e. The lowest BCUT2D eigenvalue weighted by molar-refractivity contribution is 0.102. The van der Waals surface area contributed by atoms with Crippen LogP contribution in [0.4, 0.5) is 11.5 Å². The average Bonchev–Trinajstić information content (AvgIpc) is 2.98. The summed E-state index contributed by atoms with van der Waals surface area (Å²) in [5.74, 6) is 0.583. The number of thiophene rings is 1. The normalized spacial score (nSPS) is 14.3. The van der Waals surface area contributed by atoms with Gasteiger partial charge in [-0.2, -0.15) is 0 Å². The summed E-state index contributed by atoms with van der Waals surface area (Å²) in [4.78, 5) is 18.1. The molecule has 168 valence electrons. The number of carbonyl (C=O) groups is 1. The quantitative estimate of drug-likeness (QED) is 0.436. The molecule has 1 saturated heterocycles. The third kappa shape index (κ3) is 4.69. The van der Waals surface area contributed by atoms with E-state index in [0.717, 1.165) is 52.6 Å². The van der Waals surface area contributed by atoms with E-state index >= 15 is 0 Å². The van der Waals surface area contributed by atoms with E-state index in [1.807, 2.05) is 37.4 Å². The molecule has 1 amide bonds. The van der Waals surface area contributed by atoms with Gasteiger partial charge < -0.3 is 10.2 Å². The fraction of sp³-hybridized carbons (Fsp3) is 0.400. The van der Waals surface area contributed by atoms with Crippen molar-refractivity contribution in [3.05, 3.63) is 51.9 Å². The third-order valence-corrected chi connectivity index (χ3v) is 8.09. The van der Waals surface area contributed by atoms with Gasteiger partial charge in [-0.15, -0.1) is 33.3 Å². The van der Waals surface area contributed by atoms with Crippen LogP contribution in [0.15, 0.2) is 34.5 Å². The van der Waals surface area contributed by atoms with E-state index in [1.165, 1.54) is 24.0 Å². The van der Waals surface area contributed by atoms with Gasteiger partial charge >= 0.3 is 0 Å². The molecule has 3 aromatic rings. The molecule has 0 spiro atoms. The summed E-state index contributed by atoms with van der Waals surface area (Å²) < 4.78 is 0. The molecule has 5 nitrogen and oxygen atoms in total. The first-order valence-corrected chi connectivity index (χ1v) is 13.2. The highest BCUT2D eigenvalue weighted by Gasteiger charge is 2.26. The number of thioether (sulfide) groups is 1. The van der Waals surface area contributed by atoms with Crippen LogP contribution in [0, 0.1) is 20.8 Å². The lowest BCUT2D eigenvalue weighted by Crippen LogP contribution is -2.29. The summed E-state index contributed by atoms with van der Waals surface area (Å²) in [5.41, 5.74) is 5.57. The van der Waals surface area contributed by atoms with Crippen molar-refractivity contribution in [1.29, 1.82) is 0 Å². The zero-order valence-corrected chi connectivity index (χ0v) is 20.8. The van der Waals surface area contributed by atoms with Gasteiger partial charge in [-0.1, -0.05) is 18.9 Å². The molecule has 0 saturated carbocycles. The number of benzene rings is 1. The molecule has 7 heteroatoms. The molecule has 1 aliphatic rings. The Morgan fingerprint density at radius 2 is 1.81 bits per heavy atom. The number of carbonyl (C=O) groups excluding carboxylic acids is 1. The Labute approximate surface area is 198 Å². The summed E-state index contributed by atoms with van der Waals surface area (Å²) in [7, 11) is 0. The van der Waals surface area contributed by atoms with E-state index in [2.05, 4.69) is 39.6 Å². The molecular weight excluding hydrogens is 436 g/mol. The predicted molar refractivity (Wildman–Crippen MR) is 136 cm³/mol. The Morgan fingerprint density at radius 1 is 1.06 bits per heavy atom. The second kappa shape index (κ2) is 10.0. The Balaban J connectivity index is 1.79. The predicted octanol–water partition coefficient (Wildman–Crippen LogP) is 6.48. The minimum absolute atomic E-state index is 0.123. The molecule has 1 fully saturated rings. The van der Waals surface area contributed by atoms with Crippen LogP contribution in [0.3, 0.4) is 0 Å². The molecule has 0 unspecified atom stereocenters. The molecule has 3 heterocycles. The summed E-state index contributed by atoms with van der Waals surface area (Å²) in [6, 6.07) is 7.95. The van der Waals surface area contributed by atoms with E-state index in [0.29, 0.717) is 11.4 Å². The molecule has 4 rings (SSSR count). The zero-order valence-electron chi connectivity index (χ0n) is 19.2. The minimum Gasteiger partial charge on any atom is -0.354 e. The van der Waals surface area contributed by atoms with E-state index in [1.54, 1.807) is 23.1 Å². The Morgan fingerprint density at radius 3 is 2.47 bits per heavy atom. The number of nitrogens with zero attached hydrogens (tertiary/aromatic N) is 3. The highest BCUT2D eigenvalue weighted by molar-refractivity contribution is 7.98. The summed E-state index contributed by atoms with van der Waals surface area (Å²) >= 11 is 3.33. The third-order valence-electron chi connectivity index (χ3n) is 6.16. The molecule has 1 N–H and O–H groups in total. The molecular formula is C25H30N4OS2. The molecule has 0 aliphatic carbocycles. The van der Waals surface area contributed by atoms with Crippen LogP contribution in [-0.2, 0) is 0 Å². The van der Waals surface area contributed by atoms with Crippen molar-refractivity contribution in [2.24, 2.45) is 0 Å². The van der Waals surface area contributed by atoms with Crippen molar-refractivity contribution in [1.82, 2.24) is 10.2 Å². The lowest BCUT2D eigenvalue weighted by Gasteiger charge is -2.25. The minimum atomic E-state index is -0.123. The van der Waals surface area contributed by atoms with E-state index in [9.17, 15) is 4.79 Å². The summed E-state index contributed by atoms with van der Waals surface area (Å²) in [5, 5.41) is 14.6. The van der Waals surface area contributed by atoms with Crippen LogP contribution in [0.5, 0.6) is 0 Å². The van der Waals surface area contributed by atoms with Crippen molar-refractivity contribution < 1.29 is 4.79 Å². The SMILES string of the molecule is CSc1cccc(NC(=O)c2c(N3CCCCCC3)nnc(-c3scc(C)c3C)c2C)c1. The van der Waals surface area contributed by atoms with E-state index in [-0.39, 0.29) is 5.91 Å². The van der Waals surface area contributed by atoms with Gasteiger partial charge in [0, 0.05) is 23.7 Å². The number of amides is 1. The van der Waals surface area contributed by atoms with Gasteiger partial charge in [-0.05, 0) is 80.1 Å².